The van der Waals surface area contributed by atoms with Gasteiger partial charge in [-0.1, -0.05) is 30.3 Å². The van der Waals surface area contributed by atoms with Crippen LogP contribution in [0.1, 0.15) is 20.8 Å². The molecule has 0 saturated carbocycles. The molecule has 144 valence electrons. The first-order valence-electron chi connectivity index (χ1n) is 8.28. The van der Waals surface area contributed by atoms with E-state index in [1.165, 1.54) is 38.4 Å². The van der Waals surface area contributed by atoms with E-state index >= 15 is 0 Å². The first-order chi connectivity index (χ1) is 13.3. The van der Waals surface area contributed by atoms with Gasteiger partial charge in [0.1, 0.15) is 5.69 Å². The lowest BCUT2D eigenvalue weighted by Gasteiger charge is -2.12. The zero-order valence-corrected chi connectivity index (χ0v) is 16.0. The van der Waals surface area contributed by atoms with E-state index in [4.69, 9.17) is 0 Å². The average molecular weight is 398 g/mol. The van der Waals surface area contributed by atoms with Crippen molar-refractivity contribution in [1.29, 1.82) is 0 Å². The normalized spacial score (nSPS) is 11.4. The maximum atomic E-state index is 12.3. The van der Waals surface area contributed by atoms with E-state index in [2.05, 4.69) is 15.8 Å². The predicted molar refractivity (Wildman–Crippen MR) is 104 cm³/mol. The predicted octanol–water partition coefficient (Wildman–Crippen LogP) is 1.56. The van der Waals surface area contributed by atoms with E-state index in [0.717, 1.165) is 9.69 Å². The Hall–Kier alpha value is -3.30. The summed E-state index contributed by atoms with van der Waals surface area (Å²) in [6.45, 7) is 0. The molecule has 2 aromatic carbocycles. The molecule has 0 radical (unpaired) electrons. The van der Waals surface area contributed by atoms with Crippen LogP contribution in [0.2, 0.25) is 0 Å². The number of sulfonamides is 1. The molecule has 0 aliphatic heterocycles. The van der Waals surface area contributed by atoms with Crippen LogP contribution in [-0.2, 0) is 10.0 Å². The quantitative estimate of drug-likeness (QED) is 0.649. The highest BCUT2D eigenvalue weighted by Crippen LogP contribution is 2.15. The van der Waals surface area contributed by atoms with Gasteiger partial charge in [0.2, 0.25) is 10.0 Å². The van der Waals surface area contributed by atoms with E-state index in [1.807, 2.05) is 18.2 Å². The van der Waals surface area contributed by atoms with Gasteiger partial charge in [0.25, 0.3) is 11.8 Å². The molecule has 1 aromatic heterocycles. The van der Waals surface area contributed by atoms with Crippen LogP contribution in [0.4, 0.5) is 0 Å². The van der Waals surface area contributed by atoms with Gasteiger partial charge in [-0.3, -0.25) is 20.4 Å². The number of hydrogen-bond donors (Lipinski definition) is 2. The molecule has 2 N–H and O–H groups in total. The first-order valence-corrected chi connectivity index (χ1v) is 9.72. The van der Waals surface area contributed by atoms with Crippen LogP contribution in [0, 0.1) is 0 Å². The molecular weight excluding hydrogens is 380 g/mol. The summed E-state index contributed by atoms with van der Waals surface area (Å²) >= 11 is 0. The third-order valence-corrected chi connectivity index (χ3v) is 5.81. The fraction of sp³-hybridized carbons (Fsp3) is 0.105. The summed E-state index contributed by atoms with van der Waals surface area (Å²) in [6.07, 6.45) is 0. The fourth-order valence-corrected chi connectivity index (χ4v) is 3.40. The van der Waals surface area contributed by atoms with E-state index in [1.54, 1.807) is 18.2 Å². The SMILES string of the molecule is CN(C)S(=O)(=O)c1cccc(C(=O)NNC(=O)c2ccc3ccccc3n2)c1. The Kier molecular flexibility index (Phi) is 5.39. The molecule has 0 aliphatic rings. The highest BCUT2D eigenvalue weighted by molar-refractivity contribution is 7.89. The van der Waals surface area contributed by atoms with Crippen LogP contribution in [0.3, 0.4) is 0 Å². The van der Waals surface area contributed by atoms with Crippen LogP contribution >= 0.6 is 0 Å². The number of hydrogen-bond acceptors (Lipinski definition) is 5. The number of hydrazine groups is 1. The van der Waals surface area contributed by atoms with Gasteiger partial charge >= 0.3 is 0 Å². The van der Waals surface area contributed by atoms with Gasteiger partial charge < -0.3 is 0 Å². The highest BCUT2D eigenvalue weighted by Gasteiger charge is 2.19. The molecule has 28 heavy (non-hydrogen) atoms. The third kappa shape index (κ3) is 4.00. The minimum absolute atomic E-state index is 0.0207. The van der Waals surface area contributed by atoms with E-state index in [9.17, 15) is 18.0 Å². The maximum absolute atomic E-state index is 12.3. The molecule has 3 rings (SSSR count). The second kappa shape index (κ2) is 7.75. The number of nitrogens with one attached hydrogen (secondary N) is 2. The van der Waals surface area contributed by atoms with Gasteiger partial charge in [-0.25, -0.2) is 17.7 Å². The summed E-state index contributed by atoms with van der Waals surface area (Å²) in [5.41, 5.74) is 5.44. The zero-order valence-electron chi connectivity index (χ0n) is 15.2. The van der Waals surface area contributed by atoms with Crippen molar-refractivity contribution in [2.24, 2.45) is 0 Å². The van der Waals surface area contributed by atoms with Crippen LogP contribution in [0.25, 0.3) is 10.9 Å². The van der Waals surface area contributed by atoms with Gasteiger partial charge in [-0.05, 0) is 30.3 Å². The lowest BCUT2D eigenvalue weighted by molar-refractivity contribution is 0.0844. The average Bonchev–Trinajstić information content (AvgIpc) is 2.71. The Bertz CT molecular complexity index is 1160. The molecule has 0 atom stereocenters. The Morgan fingerprint density at radius 1 is 0.893 bits per heavy atom. The summed E-state index contributed by atoms with van der Waals surface area (Å²) in [5.74, 6) is -1.24. The topological polar surface area (TPSA) is 108 Å². The fourth-order valence-electron chi connectivity index (χ4n) is 2.45. The van der Waals surface area contributed by atoms with Crippen molar-refractivity contribution in [1.82, 2.24) is 20.1 Å². The molecule has 3 aromatic rings. The smallest absolute Gasteiger partial charge is 0.267 e. The molecule has 9 heteroatoms. The molecule has 8 nitrogen and oxygen atoms in total. The number of pyridine rings is 1. The number of carbonyl (C=O) groups excluding carboxylic acids is 2. The van der Waals surface area contributed by atoms with E-state index < -0.39 is 21.8 Å². The molecular formula is C19H18N4O4S. The molecule has 2 amide bonds. The molecule has 0 saturated heterocycles. The molecule has 0 aliphatic carbocycles. The maximum Gasteiger partial charge on any atom is 0.288 e. The summed E-state index contributed by atoms with van der Waals surface area (Å²) in [6, 6.07) is 16.2. The van der Waals surface area contributed by atoms with Crippen molar-refractivity contribution >= 4 is 32.7 Å². The molecule has 0 unspecified atom stereocenters. The van der Waals surface area contributed by atoms with Crippen molar-refractivity contribution in [3.05, 3.63) is 71.9 Å². The minimum Gasteiger partial charge on any atom is -0.267 e. The summed E-state index contributed by atoms with van der Waals surface area (Å²) in [4.78, 5) is 28.8. The summed E-state index contributed by atoms with van der Waals surface area (Å²) in [7, 11) is -0.869. The number of para-hydroxylation sites is 1. The van der Waals surface area contributed by atoms with Crippen LogP contribution in [0.5, 0.6) is 0 Å². The van der Waals surface area contributed by atoms with E-state index in [0.29, 0.717) is 5.52 Å². The molecule has 0 fully saturated rings. The second-order valence-corrected chi connectivity index (χ2v) is 8.26. The number of carbonyl (C=O) groups is 2. The van der Waals surface area contributed by atoms with Crippen molar-refractivity contribution in [3.63, 3.8) is 0 Å². The van der Waals surface area contributed by atoms with Crippen molar-refractivity contribution in [2.75, 3.05) is 14.1 Å². The van der Waals surface area contributed by atoms with Crippen molar-refractivity contribution in [2.45, 2.75) is 4.90 Å². The Morgan fingerprint density at radius 3 is 2.36 bits per heavy atom. The lowest BCUT2D eigenvalue weighted by atomic mass is 10.2. The van der Waals surface area contributed by atoms with Gasteiger partial charge in [-0.15, -0.1) is 0 Å². The molecule has 0 bridgehead atoms. The second-order valence-electron chi connectivity index (χ2n) is 6.11. The Morgan fingerprint density at radius 2 is 1.61 bits per heavy atom. The number of nitrogens with zero attached hydrogens (tertiary/aromatic N) is 2. The summed E-state index contributed by atoms with van der Waals surface area (Å²) < 4.78 is 25.4. The number of amides is 2. The number of rotatable bonds is 4. The highest BCUT2D eigenvalue weighted by atomic mass is 32.2. The number of fused-ring (bicyclic) bond motifs is 1. The Labute approximate surface area is 162 Å². The number of aromatic nitrogens is 1. The van der Waals surface area contributed by atoms with E-state index in [-0.39, 0.29) is 16.2 Å². The lowest BCUT2D eigenvalue weighted by Crippen LogP contribution is -2.42. The minimum atomic E-state index is -3.67. The standard InChI is InChI=1S/C19H18N4O4S/c1-23(2)28(26,27)15-8-5-7-14(12-15)18(24)21-22-19(25)17-11-10-13-6-3-4-9-16(13)20-17/h3-12H,1-2H3,(H,21,24)(H,22,25). The van der Waals surface area contributed by atoms with Gasteiger partial charge in [0, 0.05) is 25.0 Å². The number of benzene rings is 2. The monoisotopic (exact) mass is 398 g/mol. The largest absolute Gasteiger partial charge is 0.288 e. The summed E-state index contributed by atoms with van der Waals surface area (Å²) in [5, 5.41) is 0.891. The van der Waals surface area contributed by atoms with Crippen molar-refractivity contribution in [3.8, 4) is 0 Å². The van der Waals surface area contributed by atoms with Gasteiger partial charge in [-0.2, -0.15) is 0 Å². The third-order valence-electron chi connectivity index (χ3n) is 4.00. The zero-order chi connectivity index (χ0) is 20.3. The van der Waals surface area contributed by atoms with Crippen LogP contribution in [-0.4, -0.2) is 43.6 Å². The van der Waals surface area contributed by atoms with Gasteiger partial charge in [0.05, 0.1) is 10.4 Å². The first kappa shape index (κ1) is 19.5. The van der Waals surface area contributed by atoms with Gasteiger partial charge in [0.15, 0.2) is 0 Å². The Balaban J connectivity index is 1.72. The van der Waals surface area contributed by atoms with Crippen LogP contribution in [0.15, 0.2) is 65.6 Å². The molecule has 0 spiro atoms. The van der Waals surface area contributed by atoms with Crippen molar-refractivity contribution < 1.29 is 18.0 Å². The van der Waals surface area contributed by atoms with Crippen LogP contribution < -0.4 is 10.9 Å². The molecule has 1 heterocycles.